The number of rotatable bonds is 11. The van der Waals surface area contributed by atoms with Gasteiger partial charge in [0.25, 0.3) is 5.91 Å². The smallest absolute Gasteiger partial charge is 0.265 e. The van der Waals surface area contributed by atoms with Crippen LogP contribution in [0.5, 0.6) is 0 Å². The maximum Gasteiger partial charge on any atom is 0.265 e. The fourth-order valence-corrected chi connectivity index (χ4v) is 10.5. The molecule has 12 heteroatoms. The highest BCUT2D eigenvalue weighted by molar-refractivity contribution is 6.01. The molecule has 4 aliphatic rings. The predicted octanol–water partition coefficient (Wildman–Crippen LogP) is 13.5. The summed E-state index contributed by atoms with van der Waals surface area (Å²) < 4.78 is 0. The maximum absolute atomic E-state index is 13.0. The van der Waals surface area contributed by atoms with Crippen molar-refractivity contribution in [2.45, 2.75) is 0 Å². The van der Waals surface area contributed by atoms with Crippen LogP contribution in [0.2, 0.25) is 0 Å². The number of fused-ring (bicyclic) bond motifs is 8. The highest BCUT2D eigenvalue weighted by Crippen LogP contribution is 2.40. The summed E-state index contributed by atoms with van der Waals surface area (Å²) in [4.78, 5) is 59.8. The Balaban J connectivity index is 1.08. The van der Waals surface area contributed by atoms with Gasteiger partial charge in [-0.3, -0.25) is 25.0 Å². The van der Waals surface area contributed by atoms with E-state index in [1.807, 2.05) is 110 Å². The Labute approximate surface area is 442 Å². The molecule has 9 heterocycles. The second-order valence-corrected chi connectivity index (χ2v) is 18.6. The summed E-state index contributed by atoms with van der Waals surface area (Å²) in [5.74, 6) is -0.244. The average Bonchev–Trinajstić information content (AvgIpc) is 4.35. The van der Waals surface area contributed by atoms with Crippen LogP contribution in [0, 0.1) is 0 Å². The van der Waals surface area contributed by atoms with Crippen molar-refractivity contribution in [2.75, 3.05) is 7.05 Å². The van der Waals surface area contributed by atoms with Crippen molar-refractivity contribution in [2.24, 2.45) is 9.98 Å². The number of aromatic amines is 4. The molecule has 368 valence electrons. The van der Waals surface area contributed by atoms with E-state index in [4.69, 9.17) is 9.97 Å². The Bertz CT molecular complexity index is 4110. The van der Waals surface area contributed by atoms with Crippen LogP contribution >= 0.6 is 0 Å². The first kappa shape index (κ1) is 46.2. The van der Waals surface area contributed by atoms with Gasteiger partial charge >= 0.3 is 0 Å². The van der Waals surface area contributed by atoms with E-state index in [0.29, 0.717) is 11.1 Å². The van der Waals surface area contributed by atoms with Crippen molar-refractivity contribution in [3.8, 4) is 44.5 Å². The van der Waals surface area contributed by atoms with Gasteiger partial charge in [0.1, 0.15) is 6.29 Å². The van der Waals surface area contributed by atoms with Gasteiger partial charge in [0, 0.05) is 110 Å². The van der Waals surface area contributed by atoms with Crippen LogP contribution in [0.15, 0.2) is 204 Å². The molecule has 0 fully saturated rings. The summed E-state index contributed by atoms with van der Waals surface area (Å²) in [6.07, 6.45) is 24.5. The quantitative estimate of drug-likeness (QED) is 0.0558. The number of carbonyl (C=O) groups excluding carboxylic acids is 2. The molecule has 4 aliphatic heterocycles. The second kappa shape index (κ2) is 19.7. The van der Waals surface area contributed by atoms with E-state index in [1.54, 1.807) is 7.05 Å². The lowest BCUT2D eigenvalue weighted by atomic mass is 9.96. The molecule has 6 N–H and O–H groups in total. The first-order chi connectivity index (χ1) is 38.0. The molecular weight excluding hydrogens is 953 g/mol. The minimum absolute atomic E-state index is 0.244. The van der Waals surface area contributed by atoms with E-state index in [0.717, 1.165) is 141 Å². The SMILES string of the molecule is CNNC(=O)c1ccc(-c2c3nc(c(-c4ccc(/C(=C5\C=CC=N5)c5ccc[nH]5)cc4)c4ccc([nH]4)c(-c4ccc(C=O)cc4)c4nc(c(-c5ccc(/C(=C6\C=CC=N6)c6ccc[nH]6)cc5)c5ccc2[nH]5)C=C4)C=C3)cc1. The van der Waals surface area contributed by atoms with Crippen LogP contribution in [0.1, 0.15) is 66.0 Å². The fourth-order valence-electron chi connectivity index (χ4n) is 10.5. The van der Waals surface area contributed by atoms with Gasteiger partial charge < -0.3 is 19.9 Å². The Hall–Kier alpha value is -10.6. The third kappa shape index (κ3) is 8.66. The van der Waals surface area contributed by atoms with Gasteiger partial charge in [0.05, 0.1) is 34.2 Å². The first-order valence-corrected chi connectivity index (χ1v) is 25.2. The number of H-pyrrole nitrogens is 4. The number of aromatic nitrogens is 6. The molecular formula is C65H46N10O2. The molecule has 4 aromatic carbocycles. The van der Waals surface area contributed by atoms with Crippen molar-refractivity contribution >= 4 is 82.1 Å². The number of carbonyl (C=O) groups is 2. The van der Waals surface area contributed by atoms with Crippen LogP contribution in [0.3, 0.4) is 0 Å². The highest BCUT2D eigenvalue weighted by atomic mass is 16.2. The molecule has 0 unspecified atom stereocenters. The molecule has 0 aliphatic carbocycles. The number of nitrogens with zero attached hydrogens (tertiary/aromatic N) is 4. The molecule has 12 nitrogen and oxygen atoms in total. The normalized spacial score (nSPS) is 14.5. The number of hydrogen-bond acceptors (Lipinski definition) is 7. The average molecular weight is 999 g/mol. The van der Waals surface area contributed by atoms with Gasteiger partial charge in [0.2, 0.25) is 0 Å². The van der Waals surface area contributed by atoms with E-state index in [-0.39, 0.29) is 5.91 Å². The number of hydrazine groups is 1. The lowest BCUT2D eigenvalue weighted by Gasteiger charge is -2.11. The Morgan fingerprint density at radius 2 is 0.831 bits per heavy atom. The third-order valence-corrected chi connectivity index (χ3v) is 14.0. The second-order valence-electron chi connectivity index (χ2n) is 18.6. The first-order valence-electron chi connectivity index (χ1n) is 25.2. The predicted molar refractivity (Wildman–Crippen MR) is 311 cm³/mol. The van der Waals surface area contributed by atoms with E-state index in [9.17, 15) is 9.59 Å². The molecule has 8 bridgehead atoms. The van der Waals surface area contributed by atoms with Crippen molar-refractivity contribution in [1.29, 1.82) is 0 Å². The zero-order valence-corrected chi connectivity index (χ0v) is 41.5. The molecule has 5 aromatic heterocycles. The number of amides is 1. The number of aliphatic imine (C=N–C) groups is 2. The summed E-state index contributed by atoms with van der Waals surface area (Å²) >= 11 is 0. The monoisotopic (exact) mass is 998 g/mol. The van der Waals surface area contributed by atoms with Crippen molar-refractivity contribution in [3.63, 3.8) is 0 Å². The van der Waals surface area contributed by atoms with Crippen molar-refractivity contribution in [3.05, 3.63) is 250 Å². The topological polar surface area (TPSA) is 172 Å². The Kier molecular flexibility index (Phi) is 11.8. The minimum atomic E-state index is -0.244. The maximum atomic E-state index is 13.0. The van der Waals surface area contributed by atoms with Crippen LogP contribution in [0.25, 0.3) is 102 Å². The summed E-state index contributed by atoms with van der Waals surface area (Å²) in [6.45, 7) is 0. The Morgan fingerprint density at radius 3 is 1.16 bits per heavy atom. The van der Waals surface area contributed by atoms with Crippen molar-refractivity contribution in [1.82, 2.24) is 40.8 Å². The van der Waals surface area contributed by atoms with Gasteiger partial charge in [-0.1, -0.05) is 84.9 Å². The standard InChI is InChI=1S/C65H46N10O2/c1-66-75-65(77)46-24-22-45(23-25-46)64-57-32-30-55(73-57)62(43-18-14-41(15-19-43)59(47-6-2-34-67-47)48-7-3-35-68-48)53-28-26-51(71-53)61(40-12-10-39(38-76)11-13-40)52-27-29-54(72-52)63(56-31-33-58(64)74-56)44-20-16-42(17-21-44)60(49-8-4-36-69-49)50-9-5-37-70-50/h2-38,66-67,69,71,74H,1H3,(H,75,77)/b59-48-,60-50-,61-51?,61-52?,62-53?,62-55?,63-54?,63-56?,64-57?,64-58?. The number of nitrogens with one attached hydrogen (secondary N) is 6. The molecule has 0 saturated carbocycles. The molecule has 9 aromatic rings. The van der Waals surface area contributed by atoms with Gasteiger partial charge in [-0.2, -0.15) is 0 Å². The van der Waals surface area contributed by atoms with E-state index >= 15 is 0 Å². The van der Waals surface area contributed by atoms with Crippen LogP contribution in [-0.2, 0) is 0 Å². The van der Waals surface area contributed by atoms with Gasteiger partial charge in [-0.15, -0.1) is 0 Å². The summed E-state index contributed by atoms with van der Waals surface area (Å²) in [7, 11) is 1.66. The molecule has 77 heavy (non-hydrogen) atoms. The van der Waals surface area contributed by atoms with Gasteiger partial charge in [-0.05, 0) is 143 Å². The summed E-state index contributed by atoms with van der Waals surface area (Å²) in [5, 5.41) is 0. The van der Waals surface area contributed by atoms with Crippen LogP contribution in [-0.4, -0.2) is 61.6 Å². The number of hydrogen-bond donors (Lipinski definition) is 6. The van der Waals surface area contributed by atoms with E-state index < -0.39 is 0 Å². The molecule has 0 atom stereocenters. The minimum Gasteiger partial charge on any atom is -0.361 e. The number of aldehydes is 1. The van der Waals surface area contributed by atoms with E-state index in [1.165, 1.54) is 0 Å². The van der Waals surface area contributed by atoms with Crippen LogP contribution in [0.4, 0.5) is 0 Å². The fraction of sp³-hybridized carbons (Fsp3) is 0.0154. The molecule has 0 saturated heterocycles. The summed E-state index contributed by atoms with van der Waals surface area (Å²) in [5.41, 5.74) is 27.6. The number of allylic oxidation sites excluding steroid dienone is 4. The zero-order valence-electron chi connectivity index (χ0n) is 41.5. The van der Waals surface area contributed by atoms with Gasteiger partial charge in [-0.25, -0.2) is 15.4 Å². The highest BCUT2D eigenvalue weighted by Gasteiger charge is 2.21. The number of benzene rings is 4. The van der Waals surface area contributed by atoms with Crippen molar-refractivity contribution < 1.29 is 9.59 Å². The van der Waals surface area contributed by atoms with Gasteiger partial charge in [0.15, 0.2) is 0 Å². The summed E-state index contributed by atoms with van der Waals surface area (Å²) in [6, 6.07) is 48.7. The lowest BCUT2D eigenvalue weighted by Crippen LogP contribution is -2.33. The molecule has 13 rings (SSSR count). The largest absolute Gasteiger partial charge is 0.361 e. The third-order valence-electron chi connectivity index (χ3n) is 14.0. The molecule has 0 radical (unpaired) electrons. The van der Waals surface area contributed by atoms with E-state index in [2.05, 4.69) is 150 Å². The molecule has 0 spiro atoms. The zero-order chi connectivity index (χ0) is 51.8. The lowest BCUT2D eigenvalue weighted by molar-refractivity contribution is 0.0937. The molecule has 1 amide bonds. The Morgan fingerprint density at radius 1 is 0.455 bits per heavy atom. The van der Waals surface area contributed by atoms with Crippen LogP contribution < -0.4 is 10.9 Å².